The van der Waals surface area contributed by atoms with E-state index in [4.69, 9.17) is 9.52 Å². The Labute approximate surface area is 85.7 Å². The lowest BCUT2D eigenvalue weighted by Crippen LogP contribution is -2.21. The van der Waals surface area contributed by atoms with Crippen molar-refractivity contribution in [2.75, 3.05) is 11.5 Å². The van der Waals surface area contributed by atoms with Crippen molar-refractivity contribution in [3.8, 4) is 0 Å². The van der Waals surface area contributed by atoms with Crippen molar-refractivity contribution in [2.24, 2.45) is 0 Å². The fraction of sp³-hybridized carbons (Fsp3) is 0.556. The van der Waals surface area contributed by atoms with E-state index in [1.807, 2.05) is 11.8 Å². The topological polar surface area (TPSA) is 63.3 Å². The highest BCUT2D eigenvalue weighted by atomic mass is 32.2. The molecule has 1 saturated heterocycles. The molecule has 1 unspecified atom stereocenters. The lowest BCUT2D eigenvalue weighted by molar-refractivity contribution is 0.0658. The largest absolute Gasteiger partial charge is 0.475 e. The van der Waals surface area contributed by atoms with Gasteiger partial charge in [0.1, 0.15) is 0 Å². The lowest BCUT2D eigenvalue weighted by atomic mass is 9.90. The minimum absolute atomic E-state index is 0.0712. The third-order valence-corrected chi connectivity index (χ3v) is 3.79. The minimum Gasteiger partial charge on any atom is -0.475 e. The molecular formula is C9H11NO3S. The van der Waals surface area contributed by atoms with Gasteiger partial charge in [-0.05, 0) is 12.2 Å². The van der Waals surface area contributed by atoms with Gasteiger partial charge < -0.3 is 9.52 Å². The molecule has 76 valence electrons. The van der Waals surface area contributed by atoms with Gasteiger partial charge in [-0.1, -0.05) is 6.92 Å². The van der Waals surface area contributed by atoms with Crippen LogP contribution < -0.4 is 0 Å². The highest BCUT2D eigenvalue weighted by Crippen LogP contribution is 2.38. The standard InChI is InChI=1S/C9H11NO3S/c1-9(2-3-14-5-9)8-10-4-6(13-8)7(11)12/h4H,2-3,5H2,1H3,(H,11,12). The smallest absolute Gasteiger partial charge is 0.373 e. The highest BCUT2D eigenvalue weighted by Gasteiger charge is 2.36. The molecule has 1 aliphatic heterocycles. The summed E-state index contributed by atoms with van der Waals surface area (Å²) in [7, 11) is 0. The van der Waals surface area contributed by atoms with Crippen LogP contribution in [0.1, 0.15) is 29.8 Å². The predicted molar refractivity (Wildman–Crippen MR) is 52.8 cm³/mol. The number of carboxylic acid groups (broad SMARTS) is 1. The number of oxazole rings is 1. The molecule has 0 aromatic carbocycles. The van der Waals surface area contributed by atoms with Gasteiger partial charge in [-0.3, -0.25) is 0 Å². The molecule has 2 rings (SSSR count). The van der Waals surface area contributed by atoms with Crippen LogP contribution in [-0.2, 0) is 5.41 Å². The third-order valence-electron chi connectivity index (χ3n) is 2.45. The molecule has 1 atom stereocenters. The molecule has 0 spiro atoms. The van der Waals surface area contributed by atoms with Gasteiger partial charge in [0.15, 0.2) is 0 Å². The number of aromatic carboxylic acids is 1. The summed E-state index contributed by atoms with van der Waals surface area (Å²) in [5.74, 6) is 1.46. The number of hydrogen-bond acceptors (Lipinski definition) is 4. The van der Waals surface area contributed by atoms with E-state index in [9.17, 15) is 4.79 Å². The van der Waals surface area contributed by atoms with Gasteiger partial charge in [0, 0.05) is 5.75 Å². The first-order valence-electron chi connectivity index (χ1n) is 4.39. The van der Waals surface area contributed by atoms with Gasteiger partial charge in [0.05, 0.1) is 11.6 Å². The number of carboxylic acids is 1. The molecule has 0 radical (unpaired) electrons. The molecule has 0 bridgehead atoms. The van der Waals surface area contributed by atoms with Crippen molar-refractivity contribution in [3.05, 3.63) is 17.8 Å². The summed E-state index contributed by atoms with van der Waals surface area (Å²) >= 11 is 1.85. The number of nitrogens with zero attached hydrogens (tertiary/aromatic N) is 1. The first-order chi connectivity index (χ1) is 6.62. The van der Waals surface area contributed by atoms with Gasteiger partial charge >= 0.3 is 5.97 Å². The first kappa shape index (κ1) is 9.58. The third kappa shape index (κ3) is 1.52. The number of thioether (sulfide) groups is 1. The average molecular weight is 213 g/mol. The van der Waals surface area contributed by atoms with Crippen LogP contribution in [0.15, 0.2) is 10.6 Å². The zero-order chi connectivity index (χ0) is 10.2. The molecule has 0 aliphatic carbocycles. The van der Waals surface area contributed by atoms with Crippen LogP contribution in [0, 0.1) is 0 Å². The Balaban J connectivity index is 2.28. The molecule has 1 aromatic rings. The van der Waals surface area contributed by atoms with Gasteiger partial charge in [-0.15, -0.1) is 0 Å². The van der Waals surface area contributed by atoms with Crippen molar-refractivity contribution in [2.45, 2.75) is 18.8 Å². The number of rotatable bonds is 2. The Morgan fingerprint density at radius 1 is 1.79 bits per heavy atom. The molecule has 1 aliphatic rings. The minimum atomic E-state index is -1.06. The number of aromatic nitrogens is 1. The molecule has 1 fully saturated rings. The van der Waals surface area contributed by atoms with Crippen LogP contribution in [0.4, 0.5) is 0 Å². The van der Waals surface area contributed by atoms with E-state index in [0.717, 1.165) is 17.9 Å². The van der Waals surface area contributed by atoms with Crippen molar-refractivity contribution >= 4 is 17.7 Å². The SMILES string of the molecule is CC1(c2ncc(C(=O)O)o2)CCSC1. The Morgan fingerprint density at radius 2 is 2.57 bits per heavy atom. The summed E-state index contributed by atoms with van der Waals surface area (Å²) in [4.78, 5) is 14.6. The van der Waals surface area contributed by atoms with Gasteiger partial charge in [0.2, 0.25) is 11.7 Å². The summed E-state index contributed by atoms with van der Waals surface area (Å²) in [6.45, 7) is 2.06. The second kappa shape index (κ2) is 3.31. The molecule has 14 heavy (non-hydrogen) atoms. The zero-order valence-corrected chi connectivity index (χ0v) is 8.63. The van der Waals surface area contributed by atoms with Crippen LogP contribution in [0.2, 0.25) is 0 Å². The van der Waals surface area contributed by atoms with Crippen molar-refractivity contribution < 1.29 is 14.3 Å². The summed E-state index contributed by atoms with van der Waals surface area (Å²) in [6, 6.07) is 0. The molecule has 2 heterocycles. The normalized spacial score (nSPS) is 26.6. The maximum Gasteiger partial charge on any atom is 0.373 e. The average Bonchev–Trinajstić information content (AvgIpc) is 2.71. The predicted octanol–water partition coefficient (Wildman–Crippen LogP) is 1.77. The quantitative estimate of drug-likeness (QED) is 0.811. The van der Waals surface area contributed by atoms with E-state index in [1.54, 1.807) is 0 Å². The van der Waals surface area contributed by atoms with E-state index in [1.165, 1.54) is 6.20 Å². The van der Waals surface area contributed by atoms with Crippen molar-refractivity contribution in [3.63, 3.8) is 0 Å². The van der Waals surface area contributed by atoms with Gasteiger partial charge in [-0.25, -0.2) is 9.78 Å². The van der Waals surface area contributed by atoms with Crippen LogP contribution in [-0.4, -0.2) is 27.6 Å². The summed E-state index contributed by atoms with van der Waals surface area (Å²) in [5, 5.41) is 8.69. The Kier molecular flexibility index (Phi) is 2.26. The first-order valence-corrected chi connectivity index (χ1v) is 5.55. The van der Waals surface area contributed by atoms with Crippen molar-refractivity contribution in [1.29, 1.82) is 0 Å². The van der Waals surface area contributed by atoms with Gasteiger partial charge in [0.25, 0.3) is 0 Å². The lowest BCUT2D eigenvalue weighted by Gasteiger charge is -2.17. The Morgan fingerprint density at radius 3 is 3.07 bits per heavy atom. The molecule has 5 heteroatoms. The van der Waals surface area contributed by atoms with Crippen LogP contribution >= 0.6 is 11.8 Å². The number of hydrogen-bond donors (Lipinski definition) is 1. The van der Waals surface area contributed by atoms with Crippen LogP contribution in [0.5, 0.6) is 0 Å². The fourth-order valence-electron chi connectivity index (χ4n) is 1.49. The molecule has 4 nitrogen and oxygen atoms in total. The van der Waals surface area contributed by atoms with E-state index < -0.39 is 5.97 Å². The second-order valence-corrected chi connectivity index (χ2v) is 4.80. The van der Waals surface area contributed by atoms with E-state index in [2.05, 4.69) is 11.9 Å². The van der Waals surface area contributed by atoms with Gasteiger partial charge in [-0.2, -0.15) is 11.8 Å². The van der Waals surface area contributed by atoms with Crippen LogP contribution in [0.3, 0.4) is 0 Å². The maximum absolute atomic E-state index is 10.6. The highest BCUT2D eigenvalue weighted by molar-refractivity contribution is 7.99. The van der Waals surface area contributed by atoms with E-state index in [0.29, 0.717) is 5.89 Å². The summed E-state index contributed by atoms with van der Waals surface area (Å²) in [5.41, 5.74) is -0.0850. The Bertz CT molecular complexity index is 355. The monoisotopic (exact) mass is 213 g/mol. The van der Waals surface area contributed by atoms with Crippen LogP contribution in [0.25, 0.3) is 0 Å². The molecule has 0 amide bonds. The van der Waals surface area contributed by atoms with E-state index >= 15 is 0 Å². The molecule has 0 saturated carbocycles. The Hall–Kier alpha value is -0.970. The maximum atomic E-state index is 10.6. The van der Waals surface area contributed by atoms with Crippen molar-refractivity contribution in [1.82, 2.24) is 4.98 Å². The summed E-state index contributed by atoms with van der Waals surface area (Å²) in [6.07, 6.45) is 2.28. The molecule has 1 aromatic heterocycles. The second-order valence-electron chi connectivity index (χ2n) is 3.70. The fourth-order valence-corrected chi connectivity index (χ4v) is 2.95. The van der Waals surface area contributed by atoms with E-state index in [-0.39, 0.29) is 11.2 Å². The summed E-state index contributed by atoms with van der Waals surface area (Å²) < 4.78 is 5.21. The molecule has 1 N–H and O–H groups in total. The zero-order valence-electron chi connectivity index (χ0n) is 7.82. The molecular weight excluding hydrogens is 202 g/mol. The number of carbonyl (C=O) groups is 1.